The van der Waals surface area contributed by atoms with E-state index in [1.165, 1.54) is 24.3 Å². The first-order chi connectivity index (χ1) is 13.2. The second-order valence-corrected chi connectivity index (χ2v) is 6.58. The number of nitrogens with zero attached hydrogens (tertiary/aromatic N) is 1. The van der Waals surface area contributed by atoms with Crippen molar-refractivity contribution in [3.63, 3.8) is 0 Å². The molecule has 10 heteroatoms. The number of hydrogen-bond donors (Lipinski definition) is 1. The molecule has 0 unspecified atom stereocenters. The van der Waals surface area contributed by atoms with Gasteiger partial charge in [0, 0.05) is 19.0 Å². The van der Waals surface area contributed by atoms with Gasteiger partial charge in [0.25, 0.3) is 0 Å². The summed E-state index contributed by atoms with van der Waals surface area (Å²) in [4.78, 5) is 22.2. The standard InChI is InChI=1S/C8H8O3S.C6H9NO.C5H8O3.Na/c1-2-7-3-5-8(6-4-7)12(9,10)11;1-2-7-5-3-4-6(7)8;1-2-5(7)8-4-3-6;/h2-6H,1H2,(H,9,10,11);2H,1,3-5H2;2,6H,1,3-4H2;/q;;;+1/p-1. The van der Waals surface area contributed by atoms with E-state index in [9.17, 15) is 22.6 Å². The van der Waals surface area contributed by atoms with Gasteiger partial charge < -0.3 is 19.3 Å². The number of benzene rings is 1. The fraction of sp³-hybridized carbons (Fsp3) is 0.263. The van der Waals surface area contributed by atoms with Crippen molar-refractivity contribution in [1.82, 2.24) is 4.90 Å². The van der Waals surface area contributed by atoms with Crippen molar-refractivity contribution < 1.29 is 62.0 Å². The maximum absolute atomic E-state index is 10.7. The predicted octanol–water partition coefficient (Wildman–Crippen LogP) is -1.30. The Labute approximate surface area is 193 Å². The molecule has 154 valence electrons. The fourth-order valence-electron chi connectivity index (χ4n) is 1.84. The summed E-state index contributed by atoms with van der Waals surface area (Å²) < 4.78 is 35.7. The first-order valence-corrected chi connectivity index (χ1v) is 9.60. The average Bonchev–Trinajstić information content (AvgIpc) is 3.11. The van der Waals surface area contributed by atoms with E-state index in [2.05, 4.69) is 24.5 Å². The molecule has 1 N–H and O–H groups in total. The van der Waals surface area contributed by atoms with Crippen LogP contribution in [-0.4, -0.2) is 54.6 Å². The van der Waals surface area contributed by atoms with E-state index in [-0.39, 0.29) is 53.6 Å². The van der Waals surface area contributed by atoms with Gasteiger partial charge in [-0.05, 0) is 30.3 Å². The molecule has 0 aliphatic carbocycles. The molecule has 0 atom stereocenters. The molecular formula is C19H24NNaO7S. The quantitative estimate of drug-likeness (QED) is 0.256. The van der Waals surface area contributed by atoms with Gasteiger partial charge in [-0.2, -0.15) is 0 Å². The summed E-state index contributed by atoms with van der Waals surface area (Å²) in [5.74, 6) is -0.293. The third-order valence-electron chi connectivity index (χ3n) is 3.24. The van der Waals surface area contributed by atoms with E-state index in [0.717, 1.165) is 24.6 Å². The minimum Gasteiger partial charge on any atom is -0.744 e. The van der Waals surface area contributed by atoms with Gasteiger partial charge in [0.1, 0.15) is 16.7 Å². The Balaban J connectivity index is 0. The van der Waals surface area contributed by atoms with Crippen LogP contribution in [0.15, 0.2) is 61.2 Å². The van der Waals surface area contributed by atoms with Gasteiger partial charge in [0.05, 0.1) is 11.5 Å². The van der Waals surface area contributed by atoms with Crippen LogP contribution in [0.2, 0.25) is 0 Å². The zero-order chi connectivity index (χ0) is 21.6. The SMILES string of the molecule is C=CC(=O)OCCO.C=CN1CCCC1=O.C=Cc1ccc(S(=O)(=O)[O-])cc1.[Na+]. The summed E-state index contributed by atoms with van der Waals surface area (Å²) >= 11 is 0. The van der Waals surface area contributed by atoms with Crippen molar-refractivity contribution in [2.24, 2.45) is 0 Å². The molecule has 1 aromatic rings. The van der Waals surface area contributed by atoms with Gasteiger partial charge in [-0.25, -0.2) is 13.2 Å². The Morgan fingerprint density at radius 1 is 1.24 bits per heavy atom. The molecule has 0 radical (unpaired) electrons. The van der Waals surface area contributed by atoms with Crippen molar-refractivity contribution in [3.8, 4) is 0 Å². The number of amides is 1. The summed E-state index contributed by atoms with van der Waals surface area (Å²) in [7, 11) is -4.31. The van der Waals surface area contributed by atoms with Crippen molar-refractivity contribution in [1.29, 1.82) is 0 Å². The van der Waals surface area contributed by atoms with Crippen LogP contribution in [0.4, 0.5) is 0 Å². The zero-order valence-corrected chi connectivity index (χ0v) is 19.3. The normalized spacial score (nSPS) is 12.2. The Morgan fingerprint density at radius 2 is 1.83 bits per heavy atom. The molecule has 1 heterocycles. The van der Waals surface area contributed by atoms with Crippen LogP contribution in [0.25, 0.3) is 6.08 Å². The second kappa shape index (κ2) is 16.1. The van der Waals surface area contributed by atoms with Crippen LogP contribution < -0.4 is 29.6 Å². The molecule has 0 bridgehead atoms. The van der Waals surface area contributed by atoms with Gasteiger partial charge in [-0.1, -0.05) is 37.9 Å². The Kier molecular flexibility index (Phi) is 16.3. The van der Waals surface area contributed by atoms with Crippen LogP contribution in [0, 0.1) is 0 Å². The number of carbonyl (C=O) groups excluding carboxylic acids is 2. The minimum atomic E-state index is -4.31. The van der Waals surface area contributed by atoms with Gasteiger partial charge in [0.2, 0.25) is 5.91 Å². The van der Waals surface area contributed by atoms with Crippen LogP contribution in [-0.2, 0) is 24.4 Å². The largest absolute Gasteiger partial charge is 1.00 e. The molecule has 1 amide bonds. The predicted molar refractivity (Wildman–Crippen MR) is 104 cm³/mol. The van der Waals surface area contributed by atoms with Crippen LogP contribution in [0.5, 0.6) is 0 Å². The average molecular weight is 433 g/mol. The third kappa shape index (κ3) is 13.2. The summed E-state index contributed by atoms with van der Waals surface area (Å²) in [5.41, 5.74) is 0.780. The molecule has 0 saturated carbocycles. The molecule has 1 aromatic carbocycles. The van der Waals surface area contributed by atoms with E-state index >= 15 is 0 Å². The maximum atomic E-state index is 10.7. The smallest absolute Gasteiger partial charge is 0.744 e. The number of hydrogen-bond acceptors (Lipinski definition) is 7. The molecule has 29 heavy (non-hydrogen) atoms. The van der Waals surface area contributed by atoms with Crippen molar-refractivity contribution in [2.75, 3.05) is 19.8 Å². The number of likely N-dealkylation sites (tertiary alicyclic amines) is 1. The molecule has 1 aliphatic heterocycles. The zero-order valence-electron chi connectivity index (χ0n) is 16.5. The molecular weight excluding hydrogens is 409 g/mol. The van der Waals surface area contributed by atoms with E-state index in [1.54, 1.807) is 17.2 Å². The van der Waals surface area contributed by atoms with Crippen LogP contribution in [0.1, 0.15) is 18.4 Å². The van der Waals surface area contributed by atoms with E-state index < -0.39 is 16.1 Å². The molecule has 1 fully saturated rings. The maximum Gasteiger partial charge on any atom is 1.00 e. The number of aliphatic hydroxyl groups is 1. The molecule has 8 nitrogen and oxygen atoms in total. The topological polar surface area (TPSA) is 124 Å². The molecule has 1 aliphatic rings. The summed E-state index contributed by atoms with van der Waals surface area (Å²) in [6.07, 6.45) is 5.91. The van der Waals surface area contributed by atoms with Gasteiger partial charge >= 0.3 is 35.5 Å². The second-order valence-electron chi connectivity index (χ2n) is 5.20. The molecule has 1 saturated heterocycles. The summed E-state index contributed by atoms with van der Waals surface area (Å²) in [6.45, 7) is 10.9. The number of rotatable bonds is 6. The summed E-state index contributed by atoms with van der Waals surface area (Å²) in [5, 5.41) is 8.10. The van der Waals surface area contributed by atoms with E-state index in [0.29, 0.717) is 6.42 Å². The van der Waals surface area contributed by atoms with Crippen molar-refractivity contribution in [3.05, 3.63) is 61.8 Å². The van der Waals surface area contributed by atoms with Crippen LogP contribution in [0.3, 0.4) is 0 Å². The van der Waals surface area contributed by atoms with Gasteiger partial charge in [-0.3, -0.25) is 4.79 Å². The number of carbonyl (C=O) groups is 2. The minimum absolute atomic E-state index is 0. The molecule has 0 spiro atoms. The molecule has 2 rings (SSSR count). The van der Waals surface area contributed by atoms with Gasteiger partial charge in [0.15, 0.2) is 0 Å². The number of esters is 1. The van der Waals surface area contributed by atoms with E-state index in [4.69, 9.17) is 5.11 Å². The van der Waals surface area contributed by atoms with Crippen molar-refractivity contribution >= 4 is 28.1 Å². The van der Waals surface area contributed by atoms with E-state index in [1.807, 2.05) is 0 Å². The monoisotopic (exact) mass is 433 g/mol. The first kappa shape index (κ1) is 29.5. The molecule has 0 aromatic heterocycles. The Morgan fingerprint density at radius 3 is 2.14 bits per heavy atom. The third-order valence-corrected chi connectivity index (χ3v) is 4.09. The Bertz CT molecular complexity index is 776. The Hall–Kier alpha value is -1.75. The van der Waals surface area contributed by atoms with Crippen molar-refractivity contribution in [2.45, 2.75) is 17.7 Å². The van der Waals surface area contributed by atoms with Crippen LogP contribution >= 0.6 is 0 Å². The van der Waals surface area contributed by atoms with Gasteiger partial charge in [-0.15, -0.1) is 0 Å². The fourth-order valence-corrected chi connectivity index (χ4v) is 2.31. The number of ether oxygens (including phenoxy) is 1. The number of aliphatic hydroxyl groups excluding tert-OH is 1. The summed E-state index contributed by atoms with van der Waals surface area (Å²) in [6, 6.07) is 5.58. The first-order valence-electron chi connectivity index (χ1n) is 8.20.